The zero-order valence-electron chi connectivity index (χ0n) is 11.6. The van der Waals surface area contributed by atoms with Crippen LogP contribution >= 0.6 is 11.8 Å². The van der Waals surface area contributed by atoms with Gasteiger partial charge in [-0.2, -0.15) is 16.1 Å². The third-order valence-corrected chi connectivity index (χ3v) is 5.92. The lowest BCUT2D eigenvalue weighted by Crippen LogP contribution is -2.50. The van der Waals surface area contributed by atoms with E-state index in [1.54, 1.807) is 6.92 Å². The Morgan fingerprint density at radius 2 is 2.33 bits per heavy atom. The minimum absolute atomic E-state index is 0.0258. The summed E-state index contributed by atoms with van der Waals surface area (Å²) >= 11 is 1.53. The second kappa shape index (κ2) is 6.63. The zero-order valence-corrected chi connectivity index (χ0v) is 13.2. The number of ether oxygens (including phenoxy) is 1. The van der Waals surface area contributed by atoms with Crippen molar-refractivity contribution < 1.29 is 17.9 Å². The summed E-state index contributed by atoms with van der Waals surface area (Å²) in [5, 5.41) is 0. The zero-order chi connectivity index (χ0) is 15.5. The van der Waals surface area contributed by atoms with Crippen molar-refractivity contribution in [2.75, 3.05) is 30.4 Å². The Morgan fingerprint density at radius 3 is 2.95 bits per heavy atom. The highest BCUT2D eigenvalue weighted by molar-refractivity contribution is 7.99. The molecule has 2 heterocycles. The number of sulfonamides is 1. The number of aromatic nitrogens is 1. The minimum atomic E-state index is -3.79. The molecular formula is C12H17N3O4S2. The number of pyridine rings is 1. The molecule has 1 aliphatic rings. The number of carbonyl (C=O) groups is 1. The molecule has 2 rings (SSSR count). The van der Waals surface area contributed by atoms with Gasteiger partial charge in [0.2, 0.25) is 10.0 Å². The van der Waals surface area contributed by atoms with Crippen LogP contribution in [0.2, 0.25) is 0 Å². The summed E-state index contributed by atoms with van der Waals surface area (Å²) in [7, 11) is -3.79. The fraction of sp³-hybridized carbons (Fsp3) is 0.500. The molecule has 0 aromatic carbocycles. The molecule has 2 N–H and O–H groups in total. The van der Waals surface area contributed by atoms with Crippen LogP contribution in [0.25, 0.3) is 0 Å². The van der Waals surface area contributed by atoms with Gasteiger partial charge in [-0.05, 0) is 19.1 Å². The molecule has 0 spiro atoms. The summed E-state index contributed by atoms with van der Waals surface area (Å²) in [5.74, 6) is 0.750. The third-order valence-electron chi connectivity index (χ3n) is 3.00. The van der Waals surface area contributed by atoms with E-state index in [1.807, 2.05) is 0 Å². The molecule has 9 heteroatoms. The molecule has 1 aliphatic heterocycles. The van der Waals surface area contributed by atoms with Gasteiger partial charge in [0, 0.05) is 24.2 Å². The van der Waals surface area contributed by atoms with Crippen molar-refractivity contribution in [2.24, 2.45) is 0 Å². The predicted molar refractivity (Wildman–Crippen MR) is 80.3 cm³/mol. The molecule has 1 aromatic rings. The van der Waals surface area contributed by atoms with Crippen LogP contribution in [0.1, 0.15) is 6.92 Å². The first-order valence-electron chi connectivity index (χ1n) is 6.44. The van der Waals surface area contributed by atoms with Crippen LogP contribution in [0, 0.1) is 0 Å². The topological polar surface area (TPSA) is 103 Å². The van der Waals surface area contributed by atoms with E-state index >= 15 is 0 Å². The molecule has 1 aromatic heterocycles. The third kappa shape index (κ3) is 3.47. The maximum Gasteiger partial charge on any atom is 0.325 e. The Balaban J connectivity index is 2.31. The van der Waals surface area contributed by atoms with Crippen molar-refractivity contribution in [1.29, 1.82) is 0 Å². The predicted octanol–water partition coefficient (Wildman–Crippen LogP) is 0.333. The number of anilines is 1. The highest BCUT2D eigenvalue weighted by atomic mass is 32.2. The molecule has 1 unspecified atom stereocenters. The van der Waals surface area contributed by atoms with E-state index in [4.69, 9.17) is 10.5 Å². The highest BCUT2D eigenvalue weighted by Gasteiger charge is 2.38. The summed E-state index contributed by atoms with van der Waals surface area (Å²) in [6.45, 7) is 2.18. The first kappa shape index (κ1) is 16.1. The summed E-state index contributed by atoms with van der Waals surface area (Å²) in [5.41, 5.74) is 5.47. The van der Waals surface area contributed by atoms with Gasteiger partial charge in [-0.15, -0.1) is 0 Å². The van der Waals surface area contributed by atoms with E-state index in [0.29, 0.717) is 11.5 Å². The molecule has 116 valence electrons. The van der Waals surface area contributed by atoms with Crippen molar-refractivity contribution >= 4 is 33.6 Å². The molecule has 1 fully saturated rings. The van der Waals surface area contributed by atoms with E-state index < -0.39 is 22.0 Å². The van der Waals surface area contributed by atoms with Crippen molar-refractivity contribution in [3.63, 3.8) is 0 Å². The number of nitrogen functional groups attached to an aromatic ring is 1. The first-order valence-corrected chi connectivity index (χ1v) is 9.04. The van der Waals surface area contributed by atoms with E-state index in [-0.39, 0.29) is 23.9 Å². The van der Waals surface area contributed by atoms with E-state index in [9.17, 15) is 13.2 Å². The molecule has 21 heavy (non-hydrogen) atoms. The van der Waals surface area contributed by atoms with Crippen LogP contribution in [0.5, 0.6) is 0 Å². The molecule has 1 saturated heterocycles. The monoisotopic (exact) mass is 331 g/mol. The van der Waals surface area contributed by atoms with Crippen LogP contribution in [-0.4, -0.2) is 54.4 Å². The van der Waals surface area contributed by atoms with Crippen LogP contribution in [-0.2, 0) is 19.6 Å². The summed E-state index contributed by atoms with van der Waals surface area (Å²) < 4.78 is 31.4. The van der Waals surface area contributed by atoms with Gasteiger partial charge in [-0.25, -0.2) is 13.4 Å². The highest BCUT2D eigenvalue weighted by Crippen LogP contribution is 2.25. The number of esters is 1. The Hall–Kier alpha value is -1.32. The van der Waals surface area contributed by atoms with Gasteiger partial charge >= 0.3 is 5.97 Å². The molecule has 0 radical (unpaired) electrons. The standard InChI is InChI=1S/C12H17N3O4S2/c1-2-19-12(16)10-8-20-6-5-15(10)21(17,18)9-3-4-11(13)14-7-9/h3-4,7,10H,2,5-6,8H2,1H3,(H2,13,14). The second-order valence-electron chi connectivity index (χ2n) is 4.38. The summed E-state index contributed by atoms with van der Waals surface area (Å²) in [4.78, 5) is 15.8. The van der Waals surface area contributed by atoms with Gasteiger partial charge in [0.05, 0.1) is 6.61 Å². The lowest BCUT2D eigenvalue weighted by molar-refractivity contribution is -0.146. The van der Waals surface area contributed by atoms with Gasteiger partial charge in [0.15, 0.2) is 0 Å². The lowest BCUT2D eigenvalue weighted by Gasteiger charge is -2.32. The molecule has 0 saturated carbocycles. The fourth-order valence-electron chi connectivity index (χ4n) is 1.98. The van der Waals surface area contributed by atoms with Gasteiger partial charge in [-0.3, -0.25) is 4.79 Å². The average Bonchev–Trinajstić information content (AvgIpc) is 2.48. The molecule has 1 atom stereocenters. The number of carbonyl (C=O) groups excluding carboxylic acids is 1. The smallest absolute Gasteiger partial charge is 0.325 e. The Morgan fingerprint density at radius 1 is 1.57 bits per heavy atom. The number of hydrogen-bond acceptors (Lipinski definition) is 7. The van der Waals surface area contributed by atoms with Crippen molar-refractivity contribution in [1.82, 2.24) is 9.29 Å². The van der Waals surface area contributed by atoms with Crippen LogP contribution in [0.3, 0.4) is 0 Å². The second-order valence-corrected chi connectivity index (χ2v) is 7.42. The lowest BCUT2D eigenvalue weighted by atomic mass is 10.3. The first-order chi connectivity index (χ1) is 9.96. The maximum absolute atomic E-state index is 12.6. The van der Waals surface area contributed by atoms with E-state index in [1.165, 1.54) is 34.4 Å². The van der Waals surface area contributed by atoms with Gasteiger partial charge in [0.1, 0.15) is 16.8 Å². The number of nitrogens with zero attached hydrogens (tertiary/aromatic N) is 2. The van der Waals surface area contributed by atoms with Gasteiger partial charge in [0.25, 0.3) is 0 Å². The van der Waals surface area contributed by atoms with Crippen LogP contribution in [0.4, 0.5) is 5.82 Å². The van der Waals surface area contributed by atoms with E-state index in [2.05, 4.69) is 4.98 Å². The Labute approximate surface area is 127 Å². The van der Waals surface area contributed by atoms with Gasteiger partial charge in [-0.1, -0.05) is 0 Å². The number of rotatable bonds is 4. The fourth-order valence-corrected chi connectivity index (χ4v) is 4.75. The van der Waals surface area contributed by atoms with E-state index in [0.717, 1.165) is 0 Å². The number of hydrogen-bond donors (Lipinski definition) is 1. The van der Waals surface area contributed by atoms with Crippen LogP contribution in [0.15, 0.2) is 23.2 Å². The summed E-state index contributed by atoms with van der Waals surface area (Å²) in [6, 6.07) is 2.01. The normalized spacial score (nSPS) is 20.1. The van der Waals surface area contributed by atoms with Crippen molar-refractivity contribution in [2.45, 2.75) is 17.9 Å². The average molecular weight is 331 g/mol. The molecule has 0 bridgehead atoms. The van der Waals surface area contributed by atoms with Crippen LogP contribution < -0.4 is 5.73 Å². The maximum atomic E-state index is 12.6. The van der Waals surface area contributed by atoms with Crippen molar-refractivity contribution in [3.05, 3.63) is 18.3 Å². The molecule has 7 nitrogen and oxygen atoms in total. The SMILES string of the molecule is CCOC(=O)C1CSCCN1S(=O)(=O)c1ccc(N)nc1. The molecule has 0 amide bonds. The summed E-state index contributed by atoms with van der Waals surface area (Å²) in [6.07, 6.45) is 1.20. The van der Waals surface area contributed by atoms with Crippen molar-refractivity contribution in [3.8, 4) is 0 Å². The Bertz CT molecular complexity index is 603. The minimum Gasteiger partial charge on any atom is -0.465 e. The quantitative estimate of drug-likeness (QED) is 0.793. The Kier molecular flexibility index (Phi) is 5.07. The molecule has 0 aliphatic carbocycles. The van der Waals surface area contributed by atoms with Gasteiger partial charge < -0.3 is 10.5 Å². The number of nitrogens with two attached hydrogens (primary N) is 1. The largest absolute Gasteiger partial charge is 0.465 e. The molecular weight excluding hydrogens is 314 g/mol. The number of thioether (sulfide) groups is 1.